The monoisotopic (exact) mass is 405 g/mol. The van der Waals surface area contributed by atoms with Crippen LogP contribution in [0.25, 0.3) is 11.1 Å². The first-order chi connectivity index (χ1) is 14.5. The Hall–Kier alpha value is -3.31. The molecule has 1 amide bonds. The van der Waals surface area contributed by atoms with Crippen LogP contribution in [0.2, 0.25) is 0 Å². The molecule has 0 saturated heterocycles. The van der Waals surface area contributed by atoms with Gasteiger partial charge >= 0.3 is 0 Å². The molecule has 3 aromatic carbocycles. The maximum atomic E-state index is 12.7. The minimum absolute atomic E-state index is 0.0886. The van der Waals surface area contributed by atoms with Gasteiger partial charge in [0, 0.05) is 11.6 Å². The molecule has 30 heavy (non-hydrogen) atoms. The van der Waals surface area contributed by atoms with Crippen LogP contribution in [0.15, 0.2) is 72.8 Å². The number of methoxy groups -OCH3 is 2. The first-order valence-electron chi connectivity index (χ1n) is 10.0. The van der Waals surface area contributed by atoms with Gasteiger partial charge in [-0.1, -0.05) is 54.6 Å². The van der Waals surface area contributed by atoms with E-state index in [9.17, 15) is 4.79 Å². The number of nitrogens with two attached hydrogens (primary N) is 1. The number of rotatable bonds is 8. The number of carbonyl (C=O) groups excluding carboxylic acids is 1. The second-order valence-corrected chi connectivity index (χ2v) is 7.31. The Morgan fingerprint density at radius 2 is 1.53 bits per heavy atom. The van der Waals surface area contributed by atoms with Crippen molar-refractivity contribution in [2.75, 3.05) is 19.5 Å². The molecule has 0 saturated carbocycles. The molecule has 0 aliphatic rings. The molecule has 0 heterocycles. The van der Waals surface area contributed by atoms with Crippen molar-refractivity contribution in [3.63, 3.8) is 0 Å². The van der Waals surface area contributed by atoms with E-state index >= 15 is 0 Å². The van der Waals surface area contributed by atoms with E-state index < -0.39 is 0 Å². The molecule has 0 radical (unpaired) electrons. The van der Waals surface area contributed by atoms with E-state index in [-0.39, 0.29) is 18.0 Å². The van der Waals surface area contributed by atoms with Crippen LogP contribution in [0, 0.1) is 0 Å². The third-order valence-electron chi connectivity index (χ3n) is 5.20. The highest BCUT2D eigenvalue weighted by molar-refractivity contribution is 5.95. The minimum Gasteiger partial charge on any atom is -0.497 e. The Balaban J connectivity index is 1.64. The SMILES string of the molecule is COc1ccc(OC)c(NC(=O)[C@H](C)[NH2+][C@H](C)c2ccc(-c3ccccc3)cc2)c1. The van der Waals surface area contributed by atoms with Crippen molar-refractivity contribution in [3.05, 3.63) is 78.4 Å². The zero-order chi connectivity index (χ0) is 21.5. The van der Waals surface area contributed by atoms with Gasteiger partial charge in [0.1, 0.15) is 17.5 Å². The number of nitrogens with one attached hydrogen (secondary N) is 1. The fraction of sp³-hybridized carbons (Fsp3) is 0.240. The zero-order valence-corrected chi connectivity index (χ0v) is 17.9. The maximum absolute atomic E-state index is 12.7. The van der Waals surface area contributed by atoms with Crippen molar-refractivity contribution in [2.45, 2.75) is 25.9 Å². The molecule has 2 atom stereocenters. The summed E-state index contributed by atoms with van der Waals surface area (Å²) in [4.78, 5) is 12.7. The third-order valence-corrected chi connectivity index (χ3v) is 5.20. The molecule has 0 aliphatic carbocycles. The Morgan fingerprint density at radius 3 is 2.17 bits per heavy atom. The lowest BCUT2D eigenvalue weighted by Crippen LogP contribution is -2.91. The van der Waals surface area contributed by atoms with Gasteiger partial charge in [-0.3, -0.25) is 4.79 Å². The van der Waals surface area contributed by atoms with Crippen molar-refractivity contribution in [3.8, 4) is 22.6 Å². The lowest BCUT2D eigenvalue weighted by atomic mass is 10.0. The Bertz CT molecular complexity index is 971. The maximum Gasteiger partial charge on any atom is 0.282 e. The molecule has 0 unspecified atom stereocenters. The van der Waals surface area contributed by atoms with E-state index in [1.54, 1.807) is 32.4 Å². The molecule has 0 spiro atoms. The van der Waals surface area contributed by atoms with Crippen molar-refractivity contribution in [1.82, 2.24) is 0 Å². The number of ether oxygens (including phenoxy) is 2. The molecule has 0 aliphatic heterocycles. The molecular weight excluding hydrogens is 376 g/mol. The van der Waals surface area contributed by atoms with Gasteiger partial charge in [0.05, 0.1) is 19.9 Å². The van der Waals surface area contributed by atoms with Gasteiger partial charge in [-0.25, -0.2) is 0 Å². The Kier molecular flexibility index (Phi) is 7.09. The standard InChI is InChI=1S/C25H28N2O3/c1-17(19-10-12-21(13-11-19)20-8-6-5-7-9-20)26-18(2)25(28)27-23-16-22(29-3)14-15-24(23)30-4/h5-18,26H,1-4H3,(H,27,28)/p+1/t17-,18+/m1/s1. The predicted molar refractivity (Wildman–Crippen MR) is 120 cm³/mol. The quantitative estimate of drug-likeness (QED) is 0.595. The number of hydrogen-bond donors (Lipinski definition) is 2. The van der Waals surface area contributed by atoms with Gasteiger partial charge in [0.2, 0.25) is 0 Å². The van der Waals surface area contributed by atoms with E-state index in [0.29, 0.717) is 17.2 Å². The van der Waals surface area contributed by atoms with Gasteiger partial charge < -0.3 is 20.1 Å². The Morgan fingerprint density at radius 1 is 0.867 bits per heavy atom. The minimum atomic E-state index is -0.273. The van der Waals surface area contributed by atoms with Crippen LogP contribution in [-0.4, -0.2) is 26.2 Å². The number of amides is 1. The second kappa shape index (κ2) is 9.94. The number of hydrogen-bond acceptors (Lipinski definition) is 3. The lowest BCUT2D eigenvalue weighted by molar-refractivity contribution is -0.709. The van der Waals surface area contributed by atoms with Crippen LogP contribution in [0.4, 0.5) is 5.69 Å². The van der Waals surface area contributed by atoms with Crippen LogP contribution < -0.4 is 20.1 Å². The normalized spacial score (nSPS) is 12.7. The summed E-state index contributed by atoms with van der Waals surface area (Å²) >= 11 is 0. The summed E-state index contributed by atoms with van der Waals surface area (Å²) in [5.74, 6) is 1.17. The molecule has 0 bridgehead atoms. The number of quaternary nitrogens is 1. The fourth-order valence-corrected chi connectivity index (χ4v) is 3.40. The molecule has 5 heteroatoms. The van der Waals surface area contributed by atoms with Gasteiger partial charge in [0.15, 0.2) is 6.04 Å². The first-order valence-corrected chi connectivity index (χ1v) is 10.0. The third kappa shape index (κ3) is 5.19. The summed E-state index contributed by atoms with van der Waals surface area (Å²) in [5.41, 5.74) is 4.15. The van der Waals surface area contributed by atoms with Gasteiger partial charge in [-0.05, 0) is 37.1 Å². The van der Waals surface area contributed by atoms with Gasteiger partial charge in [-0.15, -0.1) is 0 Å². The highest BCUT2D eigenvalue weighted by Gasteiger charge is 2.21. The number of anilines is 1. The molecule has 5 nitrogen and oxygen atoms in total. The summed E-state index contributed by atoms with van der Waals surface area (Å²) < 4.78 is 10.6. The summed E-state index contributed by atoms with van der Waals surface area (Å²) in [5, 5.41) is 5.00. The largest absolute Gasteiger partial charge is 0.497 e. The average Bonchev–Trinajstić information content (AvgIpc) is 2.79. The first kappa shape index (κ1) is 21.4. The summed E-state index contributed by atoms with van der Waals surface area (Å²) in [6.45, 7) is 4.00. The van der Waals surface area contributed by atoms with E-state index in [0.717, 1.165) is 0 Å². The molecule has 0 aromatic heterocycles. The van der Waals surface area contributed by atoms with Gasteiger partial charge in [-0.2, -0.15) is 0 Å². The van der Waals surface area contributed by atoms with E-state index in [4.69, 9.17) is 9.47 Å². The fourth-order valence-electron chi connectivity index (χ4n) is 3.40. The zero-order valence-electron chi connectivity index (χ0n) is 17.9. The highest BCUT2D eigenvalue weighted by atomic mass is 16.5. The van der Waals surface area contributed by atoms with Crippen LogP contribution in [0.5, 0.6) is 11.5 Å². The number of benzene rings is 3. The Labute approximate surface area is 178 Å². The smallest absolute Gasteiger partial charge is 0.282 e. The van der Waals surface area contributed by atoms with E-state index in [1.807, 2.05) is 25.1 Å². The van der Waals surface area contributed by atoms with Crippen LogP contribution in [-0.2, 0) is 4.79 Å². The average molecular weight is 406 g/mol. The number of carbonyl (C=O) groups is 1. The highest BCUT2D eigenvalue weighted by Crippen LogP contribution is 2.29. The van der Waals surface area contributed by atoms with Crippen LogP contribution in [0.1, 0.15) is 25.5 Å². The van der Waals surface area contributed by atoms with Crippen LogP contribution >= 0.6 is 0 Å². The molecule has 3 N–H and O–H groups in total. The van der Waals surface area contributed by atoms with Crippen molar-refractivity contribution >= 4 is 11.6 Å². The summed E-state index contributed by atoms with van der Waals surface area (Å²) in [6, 6.07) is 24.0. The van der Waals surface area contributed by atoms with Crippen molar-refractivity contribution < 1.29 is 19.6 Å². The van der Waals surface area contributed by atoms with Crippen molar-refractivity contribution in [2.24, 2.45) is 0 Å². The molecule has 3 rings (SSSR count). The van der Waals surface area contributed by atoms with Crippen molar-refractivity contribution in [1.29, 1.82) is 0 Å². The van der Waals surface area contributed by atoms with Gasteiger partial charge in [0.25, 0.3) is 5.91 Å². The molecule has 3 aromatic rings. The summed E-state index contributed by atoms with van der Waals surface area (Å²) in [7, 11) is 3.17. The second-order valence-electron chi connectivity index (χ2n) is 7.31. The molecule has 0 fully saturated rings. The molecular formula is C25H29N2O3+. The topological polar surface area (TPSA) is 64.2 Å². The lowest BCUT2D eigenvalue weighted by Gasteiger charge is -2.18. The summed E-state index contributed by atoms with van der Waals surface area (Å²) in [6.07, 6.45) is 0. The van der Waals surface area contributed by atoms with E-state index in [1.165, 1.54) is 16.7 Å². The van der Waals surface area contributed by atoms with E-state index in [2.05, 4.69) is 54.0 Å². The predicted octanol–water partition coefficient (Wildman–Crippen LogP) is 4.02. The molecule has 156 valence electrons. The van der Waals surface area contributed by atoms with Crippen LogP contribution in [0.3, 0.4) is 0 Å².